The maximum atomic E-state index is 4.59. The summed E-state index contributed by atoms with van der Waals surface area (Å²) in [7, 11) is 2.04. The molecule has 98 valence electrons. The first kappa shape index (κ1) is 14.6. The highest BCUT2D eigenvalue weighted by Gasteiger charge is 2.10. The highest BCUT2D eigenvalue weighted by atomic mass is 32.2. The predicted octanol–water partition coefficient (Wildman–Crippen LogP) is 2.74. The van der Waals surface area contributed by atoms with Crippen LogP contribution >= 0.6 is 11.8 Å². The lowest BCUT2D eigenvalue weighted by Gasteiger charge is -2.14. The first-order valence-corrected chi connectivity index (χ1v) is 7.61. The lowest BCUT2D eigenvalue weighted by Crippen LogP contribution is -2.30. The van der Waals surface area contributed by atoms with Gasteiger partial charge in [-0.05, 0) is 39.1 Å². The molecule has 0 amide bonds. The summed E-state index contributed by atoms with van der Waals surface area (Å²) in [5.41, 5.74) is 1.19. The van der Waals surface area contributed by atoms with Gasteiger partial charge in [0.15, 0.2) is 0 Å². The molecular formula is C13H25N3S. The Morgan fingerprint density at radius 2 is 2.24 bits per heavy atom. The molecule has 0 aliphatic heterocycles. The van der Waals surface area contributed by atoms with Gasteiger partial charge in [-0.2, -0.15) is 16.9 Å². The van der Waals surface area contributed by atoms with Gasteiger partial charge in [0.05, 0.1) is 5.69 Å². The van der Waals surface area contributed by atoms with Gasteiger partial charge in [-0.3, -0.25) is 4.68 Å². The molecule has 1 atom stereocenters. The standard InChI is InChI=1S/C13H25N3S/c1-5-8-17-10-13(14-4)9-12-6-7-16(15-12)11(2)3/h6-7,11,13-14H,5,8-10H2,1-4H3. The summed E-state index contributed by atoms with van der Waals surface area (Å²) < 4.78 is 2.03. The Hall–Kier alpha value is -0.480. The number of likely N-dealkylation sites (N-methyl/N-ethyl adjacent to an activating group) is 1. The van der Waals surface area contributed by atoms with E-state index in [0.717, 1.165) is 6.42 Å². The van der Waals surface area contributed by atoms with Crippen LogP contribution in [-0.4, -0.2) is 34.4 Å². The largest absolute Gasteiger partial charge is 0.316 e. The molecular weight excluding hydrogens is 230 g/mol. The highest BCUT2D eigenvalue weighted by Crippen LogP contribution is 2.10. The van der Waals surface area contributed by atoms with Crippen molar-refractivity contribution >= 4 is 11.8 Å². The molecule has 4 heteroatoms. The molecule has 3 nitrogen and oxygen atoms in total. The Balaban J connectivity index is 2.43. The fourth-order valence-electron chi connectivity index (χ4n) is 1.64. The molecule has 0 aliphatic carbocycles. The van der Waals surface area contributed by atoms with Crippen molar-refractivity contribution in [2.45, 2.75) is 45.7 Å². The molecule has 17 heavy (non-hydrogen) atoms. The fraction of sp³-hybridized carbons (Fsp3) is 0.769. The van der Waals surface area contributed by atoms with Crippen LogP contribution in [0, 0.1) is 0 Å². The molecule has 0 bridgehead atoms. The second-order valence-electron chi connectivity index (χ2n) is 4.65. The van der Waals surface area contributed by atoms with Gasteiger partial charge in [0.1, 0.15) is 0 Å². The summed E-state index contributed by atoms with van der Waals surface area (Å²) in [5, 5.41) is 7.97. The third-order valence-corrected chi connectivity index (χ3v) is 4.06. The lowest BCUT2D eigenvalue weighted by atomic mass is 10.2. The molecule has 0 spiro atoms. The first-order chi connectivity index (χ1) is 8.17. The van der Waals surface area contributed by atoms with Crippen molar-refractivity contribution in [2.24, 2.45) is 0 Å². The van der Waals surface area contributed by atoms with Gasteiger partial charge in [-0.15, -0.1) is 0 Å². The molecule has 0 saturated carbocycles. The summed E-state index contributed by atoms with van der Waals surface area (Å²) in [5.74, 6) is 2.41. The van der Waals surface area contributed by atoms with Gasteiger partial charge < -0.3 is 5.32 Å². The minimum Gasteiger partial charge on any atom is -0.316 e. The van der Waals surface area contributed by atoms with Crippen LogP contribution in [0.2, 0.25) is 0 Å². The number of nitrogens with one attached hydrogen (secondary N) is 1. The zero-order valence-corrected chi connectivity index (χ0v) is 12.3. The number of rotatable bonds is 8. The second kappa shape index (κ2) is 7.77. The number of thioether (sulfide) groups is 1. The van der Waals surface area contributed by atoms with Crippen molar-refractivity contribution in [3.8, 4) is 0 Å². The average molecular weight is 255 g/mol. The summed E-state index contributed by atoms with van der Waals surface area (Å²) >= 11 is 2.02. The first-order valence-electron chi connectivity index (χ1n) is 6.46. The Kier molecular flexibility index (Phi) is 6.66. The van der Waals surface area contributed by atoms with E-state index in [9.17, 15) is 0 Å². The van der Waals surface area contributed by atoms with Crippen LogP contribution in [0.1, 0.15) is 38.9 Å². The SMILES string of the molecule is CCCSCC(Cc1ccn(C(C)C)n1)NC. The molecule has 1 heterocycles. The van der Waals surface area contributed by atoms with Crippen LogP contribution < -0.4 is 5.32 Å². The summed E-state index contributed by atoms with van der Waals surface area (Å²) in [4.78, 5) is 0. The lowest BCUT2D eigenvalue weighted by molar-refractivity contribution is 0.518. The fourth-order valence-corrected chi connectivity index (χ4v) is 2.66. The molecule has 1 aromatic rings. The summed E-state index contributed by atoms with van der Waals surface area (Å²) in [6, 6.07) is 3.11. The minimum absolute atomic E-state index is 0.450. The highest BCUT2D eigenvalue weighted by molar-refractivity contribution is 7.99. The van der Waals surface area contributed by atoms with E-state index in [1.165, 1.54) is 23.6 Å². The quantitative estimate of drug-likeness (QED) is 0.724. The van der Waals surface area contributed by atoms with Gasteiger partial charge in [0.25, 0.3) is 0 Å². The third kappa shape index (κ3) is 5.13. The number of nitrogens with zero attached hydrogens (tertiary/aromatic N) is 2. The minimum atomic E-state index is 0.450. The third-order valence-electron chi connectivity index (χ3n) is 2.72. The molecule has 1 aromatic heterocycles. The molecule has 0 radical (unpaired) electrons. The van der Waals surface area contributed by atoms with Gasteiger partial charge in [-0.25, -0.2) is 0 Å². The smallest absolute Gasteiger partial charge is 0.0640 e. The van der Waals surface area contributed by atoms with E-state index in [4.69, 9.17) is 0 Å². The van der Waals surface area contributed by atoms with E-state index in [2.05, 4.69) is 43.4 Å². The Labute approximate surface area is 109 Å². The normalized spacial score (nSPS) is 13.2. The number of hydrogen-bond donors (Lipinski definition) is 1. The maximum Gasteiger partial charge on any atom is 0.0640 e. The van der Waals surface area contributed by atoms with Crippen LogP contribution in [0.5, 0.6) is 0 Å². The number of hydrogen-bond acceptors (Lipinski definition) is 3. The van der Waals surface area contributed by atoms with Crippen LogP contribution in [-0.2, 0) is 6.42 Å². The van der Waals surface area contributed by atoms with Gasteiger partial charge in [0, 0.05) is 30.5 Å². The Morgan fingerprint density at radius 1 is 1.47 bits per heavy atom. The zero-order valence-electron chi connectivity index (χ0n) is 11.4. The van der Waals surface area contributed by atoms with E-state index in [1.807, 2.05) is 23.5 Å². The van der Waals surface area contributed by atoms with Crippen molar-refractivity contribution in [1.29, 1.82) is 0 Å². The van der Waals surface area contributed by atoms with Crippen LogP contribution in [0.4, 0.5) is 0 Å². The number of aromatic nitrogens is 2. The molecule has 0 aromatic carbocycles. The second-order valence-corrected chi connectivity index (χ2v) is 5.80. The van der Waals surface area contributed by atoms with E-state index in [-0.39, 0.29) is 0 Å². The summed E-state index contributed by atoms with van der Waals surface area (Å²) in [6.07, 6.45) is 4.35. The molecule has 1 N–H and O–H groups in total. The van der Waals surface area contributed by atoms with E-state index < -0.39 is 0 Å². The topological polar surface area (TPSA) is 29.9 Å². The van der Waals surface area contributed by atoms with Crippen LogP contribution in [0.15, 0.2) is 12.3 Å². The molecule has 0 aliphatic rings. The van der Waals surface area contributed by atoms with E-state index in [0.29, 0.717) is 12.1 Å². The van der Waals surface area contributed by atoms with E-state index >= 15 is 0 Å². The molecule has 1 unspecified atom stereocenters. The predicted molar refractivity (Wildman–Crippen MR) is 76.8 cm³/mol. The maximum absolute atomic E-state index is 4.59. The Morgan fingerprint density at radius 3 is 2.76 bits per heavy atom. The van der Waals surface area contributed by atoms with E-state index in [1.54, 1.807) is 0 Å². The molecule has 1 rings (SSSR count). The molecule has 0 fully saturated rings. The Bertz CT molecular complexity index is 309. The van der Waals surface area contributed by atoms with Crippen LogP contribution in [0.25, 0.3) is 0 Å². The van der Waals surface area contributed by atoms with Crippen molar-refractivity contribution in [3.05, 3.63) is 18.0 Å². The van der Waals surface area contributed by atoms with Crippen LogP contribution in [0.3, 0.4) is 0 Å². The van der Waals surface area contributed by atoms with Gasteiger partial charge in [-0.1, -0.05) is 6.92 Å². The van der Waals surface area contributed by atoms with Crippen molar-refractivity contribution in [3.63, 3.8) is 0 Å². The molecule has 0 saturated heterocycles. The summed E-state index contributed by atoms with van der Waals surface area (Å²) in [6.45, 7) is 6.54. The zero-order chi connectivity index (χ0) is 12.7. The van der Waals surface area contributed by atoms with Gasteiger partial charge in [0.2, 0.25) is 0 Å². The average Bonchev–Trinajstić information content (AvgIpc) is 2.76. The van der Waals surface area contributed by atoms with Crippen molar-refractivity contribution < 1.29 is 0 Å². The van der Waals surface area contributed by atoms with Crippen molar-refractivity contribution in [2.75, 3.05) is 18.6 Å². The van der Waals surface area contributed by atoms with Gasteiger partial charge >= 0.3 is 0 Å². The van der Waals surface area contributed by atoms with Crippen molar-refractivity contribution in [1.82, 2.24) is 15.1 Å². The monoisotopic (exact) mass is 255 g/mol.